The summed E-state index contributed by atoms with van der Waals surface area (Å²) in [6.07, 6.45) is 6.23. The van der Waals surface area contributed by atoms with Crippen molar-refractivity contribution in [3.8, 4) is 0 Å². The van der Waals surface area contributed by atoms with Gasteiger partial charge in [0.05, 0.1) is 0 Å². The third kappa shape index (κ3) is 2.99. The second-order valence-electron chi connectivity index (χ2n) is 6.65. The molecule has 0 atom stereocenters. The molecule has 2 aliphatic heterocycles. The van der Waals surface area contributed by atoms with E-state index >= 15 is 0 Å². The van der Waals surface area contributed by atoms with Gasteiger partial charge in [-0.3, -0.25) is 0 Å². The molecule has 0 spiro atoms. The first kappa shape index (κ1) is 15.8. The van der Waals surface area contributed by atoms with Gasteiger partial charge in [-0.25, -0.2) is 15.0 Å². The Bertz CT molecular complexity index is 740. The van der Waals surface area contributed by atoms with Crippen LogP contribution in [0.15, 0.2) is 23.1 Å². The number of halogens is 1. The van der Waals surface area contributed by atoms with E-state index in [1.807, 2.05) is 0 Å². The van der Waals surface area contributed by atoms with Crippen LogP contribution in [0.1, 0.15) is 42.0 Å². The van der Waals surface area contributed by atoms with Crippen LogP contribution in [0.4, 0.5) is 11.6 Å². The Hall–Kier alpha value is -1.69. The second-order valence-corrected chi connectivity index (χ2v) is 7.40. The van der Waals surface area contributed by atoms with Crippen molar-refractivity contribution < 1.29 is 0 Å². The molecule has 1 fully saturated rings. The zero-order valence-corrected chi connectivity index (χ0v) is 15.5. The highest BCUT2D eigenvalue weighted by molar-refractivity contribution is 9.10. The van der Waals surface area contributed by atoms with Crippen LogP contribution in [0.25, 0.3) is 0 Å². The van der Waals surface area contributed by atoms with E-state index in [-0.39, 0.29) is 0 Å². The lowest BCUT2D eigenvalue weighted by molar-refractivity contribution is 0.493. The second kappa shape index (κ2) is 6.67. The number of hydrogen-bond donors (Lipinski definition) is 1. The van der Waals surface area contributed by atoms with Gasteiger partial charge in [-0.1, -0.05) is 6.07 Å². The van der Waals surface area contributed by atoms with Crippen LogP contribution < -0.4 is 10.2 Å². The first-order valence-corrected chi connectivity index (χ1v) is 9.47. The Morgan fingerprint density at radius 2 is 2.04 bits per heavy atom. The Balaban J connectivity index is 1.47. The van der Waals surface area contributed by atoms with Crippen LogP contribution in [0.3, 0.4) is 0 Å². The maximum absolute atomic E-state index is 4.90. The fraction of sp³-hybridized carbons (Fsp3) is 0.500. The number of hydrogen-bond acceptors (Lipinski definition) is 5. The van der Waals surface area contributed by atoms with Crippen molar-refractivity contribution in [2.75, 3.05) is 29.9 Å². The third-order valence-electron chi connectivity index (χ3n) is 5.12. The minimum atomic E-state index is 0.542. The van der Waals surface area contributed by atoms with Crippen LogP contribution in [-0.4, -0.2) is 34.6 Å². The normalized spacial score (nSPS) is 18.2. The Morgan fingerprint density at radius 3 is 2.88 bits per heavy atom. The van der Waals surface area contributed by atoms with E-state index in [0.717, 1.165) is 60.7 Å². The number of anilines is 2. The molecule has 4 rings (SSSR count). The van der Waals surface area contributed by atoms with E-state index < -0.39 is 0 Å². The molecule has 0 saturated carbocycles. The standard InChI is InChI=1S/C18H22BrN5/c1-12-16(19)21-11-22-18(12)24-9-6-13(7-10-24)15-5-4-14-3-2-8-20-17(14)23-15/h4-5,11,13H,2-3,6-10H2,1H3,(H,20,23). The zero-order valence-electron chi connectivity index (χ0n) is 13.9. The molecular weight excluding hydrogens is 366 g/mol. The minimum Gasteiger partial charge on any atom is -0.370 e. The number of rotatable bonds is 2. The number of fused-ring (bicyclic) bond motifs is 1. The Kier molecular flexibility index (Phi) is 4.39. The molecule has 0 amide bonds. The molecule has 126 valence electrons. The fourth-order valence-corrected chi connectivity index (χ4v) is 3.97. The zero-order chi connectivity index (χ0) is 16.5. The first-order chi connectivity index (χ1) is 11.7. The summed E-state index contributed by atoms with van der Waals surface area (Å²) in [7, 11) is 0. The number of piperidine rings is 1. The van der Waals surface area contributed by atoms with Gasteiger partial charge >= 0.3 is 0 Å². The van der Waals surface area contributed by atoms with Gasteiger partial charge in [0.2, 0.25) is 0 Å². The summed E-state index contributed by atoms with van der Waals surface area (Å²) in [4.78, 5) is 16.0. The molecule has 0 aliphatic carbocycles. The molecular formula is C18H22BrN5. The molecule has 1 saturated heterocycles. The SMILES string of the molecule is Cc1c(Br)ncnc1N1CCC(c2ccc3c(n2)NCCC3)CC1. The van der Waals surface area contributed by atoms with Crippen LogP contribution in [0, 0.1) is 6.92 Å². The van der Waals surface area contributed by atoms with Crippen molar-refractivity contribution in [1.82, 2.24) is 15.0 Å². The lowest BCUT2D eigenvalue weighted by Gasteiger charge is -2.33. The summed E-state index contributed by atoms with van der Waals surface area (Å²) in [5.74, 6) is 2.70. The molecule has 24 heavy (non-hydrogen) atoms. The minimum absolute atomic E-state index is 0.542. The molecule has 2 aromatic heterocycles. The van der Waals surface area contributed by atoms with Gasteiger partial charge in [0, 0.05) is 36.8 Å². The van der Waals surface area contributed by atoms with Crippen molar-refractivity contribution in [3.63, 3.8) is 0 Å². The number of nitrogens with one attached hydrogen (secondary N) is 1. The smallest absolute Gasteiger partial charge is 0.136 e. The molecule has 0 aromatic carbocycles. The monoisotopic (exact) mass is 387 g/mol. The van der Waals surface area contributed by atoms with Crippen LogP contribution in [0.2, 0.25) is 0 Å². The van der Waals surface area contributed by atoms with E-state index in [2.05, 4.69) is 55.2 Å². The summed E-state index contributed by atoms with van der Waals surface area (Å²) >= 11 is 3.50. The molecule has 0 unspecified atom stereocenters. The highest BCUT2D eigenvalue weighted by Crippen LogP contribution is 2.32. The van der Waals surface area contributed by atoms with Gasteiger partial charge in [0.25, 0.3) is 0 Å². The van der Waals surface area contributed by atoms with Crippen molar-refractivity contribution in [2.24, 2.45) is 0 Å². The maximum atomic E-state index is 4.90. The number of aryl methyl sites for hydroxylation is 1. The average Bonchev–Trinajstić information content (AvgIpc) is 2.64. The van der Waals surface area contributed by atoms with Gasteiger partial charge in [-0.05, 0) is 60.2 Å². The lowest BCUT2D eigenvalue weighted by Crippen LogP contribution is -2.34. The lowest BCUT2D eigenvalue weighted by atomic mass is 9.92. The Morgan fingerprint density at radius 1 is 1.21 bits per heavy atom. The number of aromatic nitrogens is 3. The van der Waals surface area contributed by atoms with Crippen LogP contribution in [-0.2, 0) is 6.42 Å². The molecule has 4 heterocycles. The molecule has 5 nitrogen and oxygen atoms in total. The fourth-order valence-electron chi connectivity index (χ4n) is 3.70. The van der Waals surface area contributed by atoms with E-state index in [1.165, 1.54) is 17.7 Å². The van der Waals surface area contributed by atoms with Crippen molar-refractivity contribution in [3.05, 3.63) is 39.9 Å². The Labute approximate surface area is 151 Å². The van der Waals surface area contributed by atoms with Crippen molar-refractivity contribution in [1.29, 1.82) is 0 Å². The summed E-state index contributed by atoms with van der Waals surface area (Å²) in [6, 6.07) is 4.50. The van der Waals surface area contributed by atoms with Gasteiger partial charge < -0.3 is 10.2 Å². The van der Waals surface area contributed by atoms with E-state index in [9.17, 15) is 0 Å². The number of pyridine rings is 1. The molecule has 2 aliphatic rings. The van der Waals surface area contributed by atoms with E-state index in [0.29, 0.717) is 5.92 Å². The predicted molar refractivity (Wildman–Crippen MR) is 99.7 cm³/mol. The highest BCUT2D eigenvalue weighted by Gasteiger charge is 2.24. The third-order valence-corrected chi connectivity index (χ3v) is 5.92. The molecule has 0 radical (unpaired) electrons. The first-order valence-electron chi connectivity index (χ1n) is 8.68. The quantitative estimate of drug-likeness (QED) is 0.796. The highest BCUT2D eigenvalue weighted by atomic mass is 79.9. The molecule has 2 aromatic rings. The summed E-state index contributed by atoms with van der Waals surface area (Å²) in [5, 5.41) is 3.45. The van der Waals surface area contributed by atoms with Gasteiger partial charge in [0.1, 0.15) is 22.6 Å². The van der Waals surface area contributed by atoms with Gasteiger partial charge in [-0.15, -0.1) is 0 Å². The van der Waals surface area contributed by atoms with Crippen molar-refractivity contribution >= 4 is 27.6 Å². The summed E-state index contributed by atoms with van der Waals surface area (Å²) in [5.41, 5.74) is 3.72. The van der Waals surface area contributed by atoms with Gasteiger partial charge in [0.15, 0.2) is 0 Å². The van der Waals surface area contributed by atoms with E-state index in [4.69, 9.17) is 4.98 Å². The van der Waals surface area contributed by atoms with Gasteiger partial charge in [-0.2, -0.15) is 0 Å². The largest absolute Gasteiger partial charge is 0.370 e. The average molecular weight is 388 g/mol. The summed E-state index contributed by atoms with van der Waals surface area (Å²) < 4.78 is 0.886. The maximum Gasteiger partial charge on any atom is 0.136 e. The van der Waals surface area contributed by atoms with E-state index in [1.54, 1.807) is 6.33 Å². The van der Waals surface area contributed by atoms with Crippen LogP contribution in [0.5, 0.6) is 0 Å². The van der Waals surface area contributed by atoms with Crippen molar-refractivity contribution in [2.45, 2.75) is 38.5 Å². The molecule has 1 N–H and O–H groups in total. The molecule has 0 bridgehead atoms. The number of nitrogens with zero attached hydrogens (tertiary/aromatic N) is 4. The predicted octanol–water partition coefficient (Wildman–Crippen LogP) is 3.68. The summed E-state index contributed by atoms with van der Waals surface area (Å²) in [6.45, 7) is 5.15. The molecule has 6 heteroatoms. The van der Waals surface area contributed by atoms with Crippen LogP contribution >= 0.6 is 15.9 Å². The topological polar surface area (TPSA) is 53.9 Å².